The number of thiazole rings is 1. The first-order chi connectivity index (χ1) is 6.36. The van der Waals surface area contributed by atoms with E-state index in [-0.39, 0.29) is 11.9 Å². The van der Waals surface area contributed by atoms with Crippen molar-refractivity contribution in [3.05, 3.63) is 11.6 Å². The zero-order valence-electron chi connectivity index (χ0n) is 6.82. The molecule has 4 nitrogen and oxygen atoms in total. The summed E-state index contributed by atoms with van der Waals surface area (Å²) >= 11 is 3.17. The second kappa shape index (κ2) is 4.08. The lowest BCUT2D eigenvalue weighted by Gasteiger charge is -2.07. The van der Waals surface area contributed by atoms with Crippen LogP contribution < -0.4 is 10.6 Å². The number of nitrogens with zero attached hydrogens (tertiary/aromatic N) is 1. The number of amides is 1. The van der Waals surface area contributed by atoms with Crippen molar-refractivity contribution in [2.75, 3.05) is 16.9 Å². The first-order valence-corrected chi connectivity index (χ1v) is 5.91. The van der Waals surface area contributed by atoms with Gasteiger partial charge in [-0.1, -0.05) is 0 Å². The van der Waals surface area contributed by atoms with Gasteiger partial charge in [-0.25, -0.2) is 4.98 Å². The van der Waals surface area contributed by atoms with E-state index in [0.29, 0.717) is 5.13 Å². The van der Waals surface area contributed by atoms with Gasteiger partial charge in [-0.3, -0.25) is 10.1 Å². The lowest BCUT2D eigenvalue weighted by Crippen LogP contribution is -2.37. The summed E-state index contributed by atoms with van der Waals surface area (Å²) in [5, 5.41) is 8.36. The van der Waals surface area contributed by atoms with Crippen LogP contribution in [-0.4, -0.2) is 28.6 Å². The van der Waals surface area contributed by atoms with Gasteiger partial charge < -0.3 is 5.32 Å². The molecule has 0 aliphatic carbocycles. The van der Waals surface area contributed by atoms with Crippen LogP contribution in [-0.2, 0) is 4.79 Å². The molecule has 2 rings (SSSR count). The van der Waals surface area contributed by atoms with E-state index >= 15 is 0 Å². The Hall–Kier alpha value is -0.590. The lowest BCUT2D eigenvalue weighted by molar-refractivity contribution is -0.117. The first-order valence-electron chi connectivity index (χ1n) is 3.88. The van der Waals surface area contributed by atoms with Gasteiger partial charge in [-0.2, -0.15) is 0 Å². The van der Waals surface area contributed by atoms with Crippen LogP contribution in [0.4, 0.5) is 5.13 Å². The van der Waals surface area contributed by atoms with Gasteiger partial charge >= 0.3 is 0 Å². The average Bonchev–Trinajstić information content (AvgIpc) is 2.74. The summed E-state index contributed by atoms with van der Waals surface area (Å²) in [6, 6.07) is -0.0612. The molecule has 1 aliphatic heterocycles. The minimum absolute atomic E-state index is 0.0138. The third-order valence-electron chi connectivity index (χ3n) is 1.70. The second-order valence-electron chi connectivity index (χ2n) is 2.60. The van der Waals surface area contributed by atoms with E-state index in [4.69, 9.17) is 0 Å². The normalized spacial score (nSPS) is 21.7. The fraction of sp³-hybridized carbons (Fsp3) is 0.429. The Morgan fingerprint density at radius 1 is 1.77 bits per heavy atom. The van der Waals surface area contributed by atoms with Crippen LogP contribution in [0.3, 0.4) is 0 Å². The van der Waals surface area contributed by atoms with Crippen LogP contribution in [0.25, 0.3) is 0 Å². The average molecular weight is 215 g/mol. The molecule has 1 fully saturated rings. The fourth-order valence-electron chi connectivity index (χ4n) is 1.04. The number of anilines is 1. The van der Waals surface area contributed by atoms with Crippen molar-refractivity contribution in [3.8, 4) is 0 Å². The van der Waals surface area contributed by atoms with Crippen molar-refractivity contribution in [2.45, 2.75) is 6.04 Å². The molecule has 1 aromatic rings. The molecule has 0 saturated carbocycles. The van der Waals surface area contributed by atoms with E-state index in [0.717, 1.165) is 11.6 Å². The molecule has 1 amide bonds. The summed E-state index contributed by atoms with van der Waals surface area (Å²) in [5.41, 5.74) is 0. The maximum absolute atomic E-state index is 11.5. The molecular formula is C7H9N3OS2. The number of carbonyl (C=O) groups excluding carboxylic acids is 1. The van der Waals surface area contributed by atoms with Crippen LogP contribution >= 0.6 is 23.1 Å². The Morgan fingerprint density at radius 3 is 3.31 bits per heavy atom. The highest BCUT2D eigenvalue weighted by Gasteiger charge is 2.22. The molecule has 1 aromatic heterocycles. The topological polar surface area (TPSA) is 54.0 Å². The third-order valence-corrected chi connectivity index (χ3v) is 3.32. The van der Waals surface area contributed by atoms with Crippen LogP contribution in [0.5, 0.6) is 0 Å². The number of thioether (sulfide) groups is 1. The van der Waals surface area contributed by atoms with E-state index in [1.54, 1.807) is 18.0 Å². The Kier molecular flexibility index (Phi) is 2.82. The Morgan fingerprint density at radius 2 is 2.69 bits per heavy atom. The molecule has 1 saturated heterocycles. The van der Waals surface area contributed by atoms with E-state index in [1.807, 2.05) is 5.38 Å². The van der Waals surface area contributed by atoms with Crippen LogP contribution in [0, 0.1) is 0 Å². The highest BCUT2D eigenvalue weighted by atomic mass is 32.2. The number of hydrogen-bond acceptors (Lipinski definition) is 5. The summed E-state index contributed by atoms with van der Waals surface area (Å²) in [5.74, 6) is 1.72. The summed E-state index contributed by atoms with van der Waals surface area (Å²) < 4.78 is 0. The van der Waals surface area contributed by atoms with Gasteiger partial charge in [0, 0.05) is 23.2 Å². The van der Waals surface area contributed by atoms with Crippen molar-refractivity contribution in [2.24, 2.45) is 0 Å². The summed E-state index contributed by atoms with van der Waals surface area (Å²) in [6.07, 6.45) is 1.68. The highest BCUT2D eigenvalue weighted by Crippen LogP contribution is 2.14. The summed E-state index contributed by atoms with van der Waals surface area (Å²) in [7, 11) is 0. The number of carbonyl (C=O) groups is 1. The van der Waals surface area contributed by atoms with E-state index in [1.165, 1.54) is 11.3 Å². The van der Waals surface area contributed by atoms with Crippen LogP contribution in [0.2, 0.25) is 0 Å². The quantitative estimate of drug-likeness (QED) is 0.764. The van der Waals surface area contributed by atoms with Crippen LogP contribution in [0.1, 0.15) is 0 Å². The molecule has 0 radical (unpaired) electrons. The second-order valence-corrected chi connectivity index (χ2v) is 4.52. The molecule has 0 bridgehead atoms. The van der Waals surface area contributed by atoms with Crippen LogP contribution in [0.15, 0.2) is 11.6 Å². The highest BCUT2D eigenvalue weighted by molar-refractivity contribution is 7.99. The minimum atomic E-state index is -0.0612. The molecule has 0 aromatic carbocycles. The zero-order chi connectivity index (χ0) is 9.10. The molecule has 2 heterocycles. The fourth-order valence-corrected chi connectivity index (χ4v) is 2.51. The first kappa shape index (κ1) is 8.98. The maximum atomic E-state index is 11.5. The Balaban J connectivity index is 1.91. The number of nitrogens with one attached hydrogen (secondary N) is 2. The van der Waals surface area contributed by atoms with E-state index in [9.17, 15) is 4.79 Å². The molecule has 1 aliphatic rings. The van der Waals surface area contributed by atoms with Gasteiger partial charge in [-0.15, -0.1) is 23.1 Å². The van der Waals surface area contributed by atoms with Crippen molar-refractivity contribution in [3.63, 3.8) is 0 Å². The van der Waals surface area contributed by atoms with Gasteiger partial charge in [0.15, 0.2) is 5.13 Å². The molecule has 6 heteroatoms. The number of rotatable bonds is 2. The standard InChI is InChI=1S/C7H9N3OS2/c11-6(5-3-12-4-9-5)10-7-8-1-2-13-7/h1-2,5,9H,3-4H2,(H,8,10,11)/t5-/m1/s1. The Bertz CT molecular complexity index is 282. The molecule has 0 spiro atoms. The predicted octanol–water partition coefficient (Wildman–Crippen LogP) is 0.744. The largest absolute Gasteiger partial charge is 0.301 e. The number of aromatic nitrogens is 1. The molecule has 0 unspecified atom stereocenters. The monoisotopic (exact) mass is 215 g/mol. The smallest absolute Gasteiger partial charge is 0.244 e. The molecular weight excluding hydrogens is 206 g/mol. The maximum Gasteiger partial charge on any atom is 0.244 e. The van der Waals surface area contributed by atoms with Gasteiger partial charge in [-0.05, 0) is 0 Å². The van der Waals surface area contributed by atoms with Gasteiger partial charge in [0.25, 0.3) is 0 Å². The summed E-state index contributed by atoms with van der Waals surface area (Å²) in [6.45, 7) is 0. The minimum Gasteiger partial charge on any atom is -0.301 e. The Labute approximate surface area is 84.1 Å². The number of hydrogen-bond donors (Lipinski definition) is 2. The predicted molar refractivity (Wildman–Crippen MR) is 55.0 cm³/mol. The third kappa shape index (κ3) is 2.20. The molecule has 13 heavy (non-hydrogen) atoms. The van der Waals surface area contributed by atoms with Gasteiger partial charge in [0.05, 0.1) is 6.04 Å². The summed E-state index contributed by atoms with van der Waals surface area (Å²) in [4.78, 5) is 15.5. The molecule has 1 atom stereocenters. The van der Waals surface area contributed by atoms with E-state index in [2.05, 4.69) is 15.6 Å². The van der Waals surface area contributed by atoms with Crippen molar-refractivity contribution < 1.29 is 4.79 Å². The van der Waals surface area contributed by atoms with Crippen molar-refractivity contribution in [1.29, 1.82) is 0 Å². The zero-order valence-corrected chi connectivity index (χ0v) is 8.45. The van der Waals surface area contributed by atoms with Crippen molar-refractivity contribution >= 4 is 34.1 Å². The molecule has 70 valence electrons. The lowest BCUT2D eigenvalue weighted by atomic mass is 10.3. The van der Waals surface area contributed by atoms with Gasteiger partial charge in [0.1, 0.15) is 0 Å². The van der Waals surface area contributed by atoms with Crippen molar-refractivity contribution in [1.82, 2.24) is 10.3 Å². The molecule has 2 N–H and O–H groups in total. The van der Waals surface area contributed by atoms with Gasteiger partial charge in [0.2, 0.25) is 5.91 Å². The van der Waals surface area contributed by atoms with E-state index < -0.39 is 0 Å². The SMILES string of the molecule is O=C(Nc1nccs1)[C@H]1CSCN1.